The van der Waals surface area contributed by atoms with E-state index in [1.54, 1.807) is 12.1 Å². The molecule has 4 heterocycles. The Balaban J connectivity index is 1.67. The summed E-state index contributed by atoms with van der Waals surface area (Å²) in [4.78, 5) is 16.5. The molecule has 0 aliphatic carbocycles. The molecule has 110 valence electrons. The largest absolute Gasteiger partial charge is 0.444 e. The van der Waals surface area contributed by atoms with Gasteiger partial charge in [0, 0.05) is 0 Å². The summed E-state index contributed by atoms with van der Waals surface area (Å²) in [6.07, 6.45) is 1.48. The van der Waals surface area contributed by atoms with Gasteiger partial charge in [0.05, 0.1) is 11.8 Å². The lowest BCUT2D eigenvalue weighted by molar-refractivity contribution is 0.461. The molecule has 7 nitrogen and oxygen atoms in total. The van der Waals surface area contributed by atoms with Crippen molar-refractivity contribution in [2.75, 3.05) is 0 Å². The van der Waals surface area contributed by atoms with Gasteiger partial charge in [0.15, 0.2) is 10.4 Å². The van der Waals surface area contributed by atoms with E-state index in [9.17, 15) is 4.79 Å². The molecule has 0 spiro atoms. The molecule has 0 aromatic carbocycles. The molecule has 0 amide bonds. The first-order chi connectivity index (χ1) is 10.7. The lowest BCUT2D eigenvalue weighted by Gasteiger charge is -2.00. The van der Waals surface area contributed by atoms with Crippen molar-refractivity contribution in [1.29, 1.82) is 0 Å². The van der Waals surface area contributed by atoms with Crippen molar-refractivity contribution in [1.82, 2.24) is 19.7 Å². The molecule has 0 aliphatic rings. The molecule has 4 rings (SSSR count). The van der Waals surface area contributed by atoms with Gasteiger partial charge in [-0.2, -0.15) is 0 Å². The highest BCUT2D eigenvalue weighted by Crippen LogP contribution is 2.23. The van der Waals surface area contributed by atoms with E-state index in [0.29, 0.717) is 26.5 Å². The Morgan fingerprint density at radius 1 is 1.23 bits per heavy atom. The van der Waals surface area contributed by atoms with Crippen molar-refractivity contribution in [3.63, 3.8) is 0 Å². The topological polar surface area (TPSA) is 87.0 Å². The molecule has 0 aliphatic heterocycles. The monoisotopic (exact) mass is 378 g/mol. The Hall–Kier alpha value is -2.26. The van der Waals surface area contributed by atoms with Crippen LogP contribution in [0.3, 0.4) is 0 Å². The zero-order valence-electron chi connectivity index (χ0n) is 10.9. The highest BCUT2D eigenvalue weighted by atomic mass is 79.9. The van der Waals surface area contributed by atoms with Crippen LogP contribution >= 0.6 is 27.3 Å². The van der Waals surface area contributed by atoms with E-state index in [-0.39, 0.29) is 18.0 Å². The molecule has 9 heteroatoms. The minimum Gasteiger partial charge on any atom is -0.444 e. The van der Waals surface area contributed by atoms with Crippen LogP contribution in [-0.2, 0) is 6.54 Å². The maximum absolute atomic E-state index is 12.3. The predicted octanol–water partition coefficient (Wildman–Crippen LogP) is 2.91. The molecule has 0 saturated carbocycles. The van der Waals surface area contributed by atoms with Crippen LogP contribution in [0.4, 0.5) is 0 Å². The number of fused-ring (bicyclic) bond motifs is 1. The van der Waals surface area contributed by atoms with Crippen molar-refractivity contribution in [2.45, 2.75) is 6.54 Å². The number of aromatic nitrogens is 4. The summed E-state index contributed by atoms with van der Waals surface area (Å²) in [6.45, 7) is 0.161. The van der Waals surface area contributed by atoms with Crippen molar-refractivity contribution in [3.05, 3.63) is 50.8 Å². The Bertz CT molecular complexity index is 1020. The highest BCUT2D eigenvalue weighted by Gasteiger charge is 2.14. The fourth-order valence-corrected chi connectivity index (χ4v) is 3.08. The van der Waals surface area contributed by atoms with E-state index in [1.807, 2.05) is 11.4 Å². The van der Waals surface area contributed by atoms with Crippen LogP contribution in [-0.4, -0.2) is 19.7 Å². The highest BCUT2D eigenvalue weighted by molar-refractivity contribution is 9.10. The van der Waals surface area contributed by atoms with E-state index in [2.05, 4.69) is 31.1 Å². The lowest BCUT2D eigenvalue weighted by atomic mass is 10.4. The molecule has 22 heavy (non-hydrogen) atoms. The van der Waals surface area contributed by atoms with Gasteiger partial charge in [0.2, 0.25) is 5.89 Å². The van der Waals surface area contributed by atoms with Gasteiger partial charge in [-0.1, -0.05) is 0 Å². The van der Waals surface area contributed by atoms with E-state index in [1.165, 1.54) is 22.2 Å². The maximum Gasteiger partial charge on any atom is 0.283 e. The van der Waals surface area contributed by atoms with Crippen molar-refractivity contribution >= 4 is 37.5 Å². The van der Waals surface area contributed by atoms with Crippen LogP contribution in [0.2, 0.25) is 0 Å². The molecule has 4 aromatic rings. The minimum absolute atomic E-state index is 0.125. The van der Waals surface area contributed by atoms with Gasteiger partial charge in [-0.15, -0.1) is 21.5 Å². The normalized spacial score (nSPS) is 11.3. The number of hydrogen-bond acceptors (Lipinski definition) is 7. The maximum atomic E-state index is 12.3. The number of rotatable bonds is 3. The van der Waals surface area contributed by atoms with Crippen LogP contribution in [0.15, 0.2) is 48.2 Å². The smallest absolute Gasteiger partial charge is 0.283 e. The first-order valence-corrected chi connectivity index (χ1v) is 7.89. The summed E-state index contributed by atoms with van der Waals surface area (Å²) in [5.74, 6) is 1.03. The van der Waals surface area contributed by atoms with Crippen LogP contribution < -0.4 is 5.56 Å². The SMILES string of the molecule is O=c1c2sccc2ncn1Cc1nnc(-c2ccc(Br)o2)o1. The summed E-state index contributed by atoms with van der Waals surface area (Å²) in [5.41, 5.74) is 0.568. The summed E-state index contributed by atoms with van der Waals surface area (Å²) in [7, 11) is 0. The second kappa shape index (κ2) is 5.18. The van der Waals surface area contributed by atoms with Crippen LogP contribution in [0, 0.1) is 0 Å². The van der Waals surface area contributed by atoms with Crippen LogP contribution in [0.5, 0.6) is 0 Å². The van der Waals surface area contributed by atoms with Gasteiger partial charge >= 0.3 is 0 Å². The van der Waals surface area contributed by atoms with Gasteiger partial charge in [0.1, 0.15) is 11.2 Å². The van der Waals surface area contributed by atoms with Crippen molar-refractivity contribution in [3.8, 4) is 11.7 Å². The van der Waals surface area contributed by atoms with Gasteiger partial charge < -0.3 is 8.83 Å². The fraction of sp³-hybridized carbons (Fsp3) is 0.0769. The molecule has 0 bridgehead atoms. The average Bonchev–Trinajstić information content (AvgIpc) is 3.22. The standard InChI is InChI=1S/C13H7BrN4O3S/c14-9-2-1-8(20-9)12-17-16-10(21-12)5-18-6-15-7-3-4-22-11(7)13(18)19/h1-4,6H,5H2. The second-order valence-corrected chi connectivity index (χ2v) is 6.11. The van der Waals surface area contributed by atoms with Crippen molar-refractivity contribution in [2.24, 2.45) is 0 Å². The van der Waals surface area contributed by atoms with Crippen LogP contribution in [0.25, 0.3) is 21.9 Å². The molecular formula is C13H7BrN4O3S. The van der Waals surface area contributed by atoms with Gasteiger partial charge in [-0.25, -0.2) is 4.98 Å². The third-order valence-electron chi connectivity index (χ3n) is 2.99. The second-order valence-electron chi connectivity index (χ2n) is 4.42. The molecule has 0 unspecified atom stereocenters. The van der Waals surface area contributed by atoms with Gasteiger partial charge in [0.25, 0.3) is 11.4 Å². The molecule has 0 N–H and O–H groups in total. The summed E-state index contributed by atoms with van der Waals surface area (Å²) in [5, 5.41) is 9.68. The first-order valence-electron chi connectivity index (χ1n) is 6.21. The zero-order valence-corrected chi connectivity index (χ0v) is 13.3. The van der Waals surface area contributed by atoms with E-state index >= 15 is 0 Å². The summed E-state index contributed by atoms with van der Waals surface area (Å²) >= 11 is 4.57. The van der Waals surface area contributed by atoms with Crippen LogP contribution in [0.1, 0.15) is 5.89 Å². The predicted molar refractivity (Wildman–Crippen MR) is 82.7 cm³/mol. The minimum atomic E-state index is -0.125. The number of thiophene rings is 1. The quantitative estimate of drug-likeness (QED) is 0.544. The molecule has 0 fully saturated rings. The Kier molecular flexibility index (Phi) is 3.16. The fourth-order valence-electron chi connectivity index (χ4n) is 1.98. The van der Waals surface area contributed by atoms with Gasteiger partial charge in [-0.05, 0) is 39.5 Å². The number of nitrogens with zero attached hydrogens (tertiary/aromatic N) is 4. The molecule has 0 saturated heterocycles. The number of halogens is 1. The third kappa shape index (κ3) is 2.28. The van der Waals surface area contributed by atoms with Gasteiger partial charge in [-0.3, -0.25) is 9.36 Å². The lowest BCUT2D eigenvalue weighted by Crippen LogP contribution is -2.20. The summed E-state index contributed by atoms with van der Waals surface area (Å²) in [6, 6.07) is 5.26. The molecule has 4 aromatic heterocycles. The Morgan fingerprint density at radius 2 is 2.14 bits per heavy atom. The van der Waals surface area contributed by atoms with E-state index in [0.717, 1.165) is 0 Å². The molecule has 0 atom stereocenters. The Labute approximate surface area is 135 Å². The Morgan fingerprint density at radius 3 is 2.95 bits per heavy atom. The number of furan rings is 1. The average molecular weight is 379 g/mol. The summed E-state index contributed by atoms with van der Waals surface area (Å²) < 4.78 is 13.5. The van der Waals surface area contributed by atoms with E-state index < -0.39 is 0 Å². The first kappa shape index (κ1) is 13.4. The molecule has 0 radical (unpaired) electrons. The van der Waals surface area contributed by atoms with Crippen molar-refractivity contribution < 1.29 is 8.83 Å². The van der Waals surface area contributed by atoms with E-state index in [4.69, 9.17) is 8.83 Å². The molecular weight excluding hydrogens is 372 g/mol. The number of hydrogen-bond donors (Lipinski definition) is 0. The zero-order chi connectivity index (χ0) is 15.1. The third-order valence-corrected chi connectivity index (χ3v) is 4.31.